The van der Waals surface area contributed by atoms with Crippen molar-refractivity contribution in [1.29, 1.82) is 0 Å². The van der Waals surface area contributed by atoms with Crippen LogP contribution < -0.4 is 5.32 Å². The highest BCUT2D eigenvalue weighted by Gasteiger charge is 2.23. The van der Waals surface area contributed by atoms with Crippen molar-refractivity contribution < 1.29 is 4.74 Å². The molecule has 0 saturated carbocycles. The van der Waals surface area contributed by atoms with Crippen molar-refractivity contribution in [1.82, 2.24) is 24.6 Å². The molecule has 0 radical (unpaired) electrons. The van der Waals surface area contributed by atoms with Crippen LogP contribution in [0.4, 0.5) is 5.95 Å². The van der Waals surface area contributed by atoms with Crippen molar-refractivity contribution in [3.05, 3.63) is 59.0 Å². The van der Waals surface area contributed by atoms with E-state index >= 15 is 0 Å². The summed E-state index contributed by atoms with van der Waals surface area (Å²) in [5, 5.41) is 13.0. The van der Waals surface area contributed by atoms with Gasteiger partial charge >= 0.3 is 0 Å². The minimum absolute atomic E-state index is 0.339. The lowest BCUT2D eigenvalue weighted by Crippen LogP contribution is -2.28. The van der Waals surface area contributed by atoms with Crippen molar-refractivity contribution in [3.63, 3.8) is 0 Å². The number of hydrogen-bond acceptors (Lipinski definition) is 6. The number of nitrogens with zero attached hydrogens (tertiary/aromatic N) is 5. The van der Waals surface area contributed by atoms with Gasteiger partial charge in [0.15, 0.2) is 5.65 Å². The molecule has 2 aliphatic heterocycles. The second-order valence-corrected chi connectivity index (χ2v) is 8.09. The molecule has 1 fully saturated rings. The number of benzene rings is 1. The van der Waals surface area contributed by atoms with Gasteiger partial charge in [-0.2, -0.15) is 0 Å². The largest absolute Gasteiger partial charge is 0.381 e. The number of nitrogens with one attached hydrogen (secondary N) is 1. The number of fused-ring (bicyclic) bond motifs is 2. The lowest BCUT2D eigenvalue weighted by atomic mass is 9.96. The monoisotopic (exact) mass is 418 g/mol. The fraction of sp³-hybridized carbons (Fsp3) is 0.273. The first-order valence-electron chi connectivity index (χ1n) is 10.1. The zero-order valence-corrected chi connectivity index (χ0v) is 16.9. The molecule has 6 rings (SSSR count). The van der Waals surface area contributed by atoms with Gasteiger partial charge in [0, 0.05) is 48.0 Å². The summed E-state index contributed by atoms with van der Waals surface area (Å²) in [6.45, 7) is 1.54. The first-order valence-corrected chi connectivity index (χ1v) is 10.5. The Bertz CT molecular complexity index is 1260. The first-order chi connectivity index (χ1) is 14.8. The highest BCUT2D eigenvalue weighted by molar-refractivity contribution is 6.31. The first kappa shape index (κ1) is 17.8. The number of ether oxygens (including phenoxy) is 1. The summed E-state index contributed by atoms with van der Waals surface area (Å²) in [6, 6.07) is 12.4. The summed E-state index contributed by atoms with van der Waals surface area (Å²) in [5.74, 6) is 1.54. The van der Waals surface area contributed by atoms with Crippen LogP contribution >= 0.6 is 11.6 Å². The van der Waals surface area contributed by atoms with E-state index < -0.39 is 0 Å². The molecular weight excluding hydrogens is 400 g/mol. The molecule has 4 aromatic rings. The maximum absolute atomic E-state index is 6.49. The molecule has 2 aliphatic rings. The highest BCUT2D eigenvalue weighted by atomic mass is 35.5. The Morgan fingerprint density at radius 3 is 2.90 bits per heavy atom. The fourth-order valence-electron chi connectivity index (χ4n) is 4.29. The third-order valence-corrected chi connectivity index (χ3v) is 6.16. The minimum Gasteiger partial charge on any atom is -0.381 e. The molecule has 0 spiro atoms. The van der Waals surface area contributed by atoms with E-state index in [1.54, 1.807) is 6.20 Å². The number of pyridine rings is 1. The van der Waals surface area contributed by atoms with E-state index in [0.29, 0.717) is 18.4 Å². The quantitative estimate of drug-likeness (QED) is 0.477. The topological polar surface area (TPSA) is 77.2 Å². The Morgan fingerprint density at radius 1 is 1.10 bits per heavy atom. The predicted molar refractivity (Wildman–Crippen MR) is 115 cm³/mol. The average molecular weight is 419 g/mol. The molecular formula is C22H19ClN6O. The summed E-state index contributed by atoms with van der Waals surface area (Å²) >= 11 is 6.49. The Labute approximate surface area is 178 Å². The summed E-state index contributed by atoms with van der Waals surface area (Å²) in [6.07, 6.45) is 4.39. The van der Waals surface area contributed by atoms with Crippen LogP contribution in [-0.4, -0.2) is 43.8 Å². The van der Waals surface area contributed by atoms with Crippen molar-refractivity contribution >= 4 is 23.2 Å². The third-order valence-electron chi connectivity index (χ3n) is 5.81. The Morgan fingerprint density at radius 2 is 2.00 bits per heavy atom. The van der Waals surface area contributed by atoms with E-state index in [9.17, 15) is 0 Å². The van der Waals surface area contributed by atoms with Crippen LogP contribution in [0.2, 0.25) is 5.02 Å². The molecule has 150 valence electrons. The number of aromatic nitrogens is 5. The number of hydrogen-bond donors (Lipinski definition) is 1. The van der Waals surface area contributed by atoms with Crippen LogP contribution in [0.15, 0.2) is 42.6 Å². The number of anilines is 1. The number of rotatable bonds is 3. The molecule has 3 aromatic heterocycles. The smallest absolute Gasteiger partial charge is 0.223 e. The molecule has 0 unspecified atom stereocenters. The van der Waals surface area contributed by atoms with E-state index in [-0.39, 0.29) is 0 Å². The zero-order chi connectivity index (χ0) is 20.1. The second-order valence-electron chi connectivity index (χ2n) is 7.68. The van der Waals surface area contributed by atoms with Crippen molar-refractivity contribution in [2.75, 3.05) is 18.5 Å². The maximum atomic E-state index is 6.49. The number of halogens is 1. The molecule has 0 amide bonds. The molecule has 1 saturated heterocycles. The van der Waals surface area contributed by atoms with E-state index in [1.165, 1.54) is 0 Å². The van der Waals surface area contributed by atoms with Crippen LogP contribution in [0.5, 0.6) is 0 Å². The van der Waals surface area contributed by atoms with Gasteiger partial charge in [0.25, 0.3) is 0 Å². The van der Waals surface area contributed by atoms with E-state index in [1.807, 2.05) is 24.3 Å². The van der Waals surface area contributed by atoms with Crippen LogP contribution in [0, 0.1) is 0 Å². The molecule has 1 N–H and O–H groups in total. The molecule has 1 aromatic carbocycles. The van der Waals surface area contributed by atoms with Crippen LogP contribution in [-0.2, 0) is 11.2 Å². The van der Waals surface area contributed by atoms with Gasteiger partial charge in [0.05, 0.1) is 11.4 Å². The second kappa shape index (κ2) is 7.04. The summed E-state index contributed by atoms with van der Waals surface area (Å²) in [7, 11) is 0. The lowest BCUT2D eigenvalue weighted by molar-refractivity contribution is 0.0903. The van der Waals surface area contributed by atoms with Gasteiger partial charge in [-0.25, -0.2) is 9.97 Å². The third kappa shape index (κ3) is 2.93. The highest BCUT2D eigenvalue weighted by Crippen LogP contribution is 2.37. The van der Waals surface area contributed by atoms with Gasteiger partial charge in [-0.15, -0.1) is 10.2 Å². The predicted octanol–water partition coefficient (Wildman–Crippen LogP) is 4.00. The summed E-state index contributed by atoms with van der Waals surface area (Å²) in [4.78, 5) is 9.18. The van der Waals surface area contributed by atoms with Gasteiger partial charge in [0.2, 0.25) is 5.95 Å². The normalized spacial score (nSPS) is 15.9. The molecule has 7 nitrogen and oxygen atoms in total. The van der Waals surface area contributed by atoms with Crippen LogP contribution in [0.25, 0.3) is 28.2 Å². The fourth-order valence-corrected chi connectivity index (χ4v) is 4.53. The SMILES string of the molecule is Clc1cccc2c1Cc1nnc3cc(-c4ccnc(NC5CCOCC5)n4)cc-2n13. The van der Waals surface area contributed by atoms with Gasteiger partial charge in [-0.1, -0.05) is 23.7 Å². The molecule has 5 heterocycles. The van der Waals surface area contributed by atoms with Crippen molar-refractivity contribution in [2.24, 2.45) is 0 Å². The maximum Gasteiger partial charge on any atom is 0.223 e. The van der Waals surface area contributed by atoms with E-state index in [4.69, 9.17) is 21.3 Å². The molecule has 0 atom stereocenters. The molecule has 8 heteroatoms. The van der Waals surface area contributed by atoms with Gasteiger partial charge in [0.1, 0.15) is 5.82 Å². The van der Waals surface area contributed by atoms with E-state index in [2.05, 4.69) is 37.0 Å². The lowest BCUT2D eigenvalue weighted by Gasteiger charge is -2.23. The van der Waals surface area contributed by atoms with Crippen LogP contribution in [0.3, 0.4) is 0 Å². The van der Waals surface area contributed by atoms with Crippen molar-refractivity contribution in [3.8, 4) is 22.5 Å². The van der Waals surface area contributed by atoms with Gasteiger partial charge in [-0.3, -0.25) is 4.40 Å². The van der Waals surface area contributed by atoms with Crippen molar-refractivity contribution in [2.45, 2.75) is 25.3 Å². The van der Waals surface area contributed by atoms with Crippen LogP contribution in [0.1, 0.15) is 24.2 Å². The van der Waals surface area contributed by atoms with Gasteiger partial charge in [-0.05, 0) is 42.7 Å². The molecule has 0 bridgehead atoms. The molecule has 0 aliphatic carbocycles. The summed E-state index contributed by atoms with van der Waals surface area (Å²) in [5.41, 5.74) is 5.85. The van der Waals surface area contributed by atoms with E-state index in [0.717, 1.165) is 70.6 Å². The molecule has 30 heavy (non-hydrogen) atoms. The summed E-state index contributed by atoms with van der Waals surface area (Å²) < 4.78 is 7.54. The zero-order valence-electron chi connectivity index (χ0n) is 16.2. The Balaban J connectivity index is 1.44. The Kier molecular flexibility index (Phi) is 4.17. The van der Waals surface area contributed by atoms with Gasteiger partial charge < -0.3 is 10.1 Å². The standard InChI is InChI=1S/C22H19ClN6O/c23-17-3-1-2-15-16(17)12-21-28-27-20-11-13(10-19(15)29(20)21)18-4-7-24-22(26-18)25-14-5-8-30-9-6-14/h1-4,7,10-11,14H,5-6,8-9,12H2,(H,24,25,26). The minimum atomic E-state index is 0.339. The average Bonchev–Trinajstić information content (AvgIpc) is 3.19. The Hall–Kier alpha value is -3.03.